The summed E-state index contributed by atoms with van der Waals surface area (Å²) in [5.74, 6) is -1.02. The van der Waals surface area contributed by atoms with Crippen LogP contribution in [0.25, 0.3) is 0 Å². The number of aryl methyl sites for hydroxylation is 2. The monoisotopic (exact) mass is 300 g/mol. The second-order valence-corrected chi connectivity index (χ2v) is 6.17. The molecule has 0 radical (unpaired) electrons. The molecule has 0 atom stereocenters. The van der Waals surface area contributed by atoms with Gasteiger partial charge < -0.3 is 5.32 Å². The normalized spacial score (nSPS) is 12.8. The summed E-state index contributed by atoms with van der Waals surface area (Å²) in [6, 6.07) is 6.87. The first-order valence-electron chi connectivity index (χ1n) is 6.73. The van der Waals surface area contributed by atoms with E-state index in [0.29, 0.717) is 16.1 Å². The summed E-state index contributed by atoms with van der Waals surface area (Å²) in [7, 11) is 0. The first-order valence-corrected chi connectivity index (χ1v) is 7.54. The Morgan fingerprint density at radius 3 is 3.00 bits per heavy atom. The zero-order chi connectivity index (χ0) is 15.0. The van der Waals surface area contributed by atoms with Crippen LogP contribution in [0.3, 0.4) is 0 Å². The van der Waals surface area contributed by atoms with Gasteiger partial charge >= 0.3 is 0 Å². The van der Waals surface area contributed by atoms with Gasteiger partial charge in [-0.05, 0) is 43.4 Å². The second kappa shape index (κ2) is 5.30. The molecular weight excluding hydrogens is 287 g/mol. The lowest BCUT2D eigenvalue weighted by Crippen LogP contribution is -2.14. The molecule has 1 heterocycles. The molecule has 3 rings (SSSR count). The number of thiophene rings is 1. The Kier molecular flexibility index (Phi) is 3.48. The van der Waals surface area contributed by atoms with Gasteiger partial charge in [0.1, 0.15) is 16.9 Å². The summed E-state index contributed by atoms with van der Waals surface area (Å²) in [6.45, 7) is 1.62. The van der Waals surface area contributed by atoms with Gasteiger partial charge in [-0.25, -0.2) is 4.39 Å². The van der Waals surface area contributed by atoms with E-state index in [1.54, 1.807) is 19.1 Å². The van der Waals surface area contributed by atoms with E-state index < -0.39 is 11.7 Å². The molecule has 21 heavy (non-hydrogen) atoms. The molecule has 5 heteroatoms. The lowest BCUT2D eigenvalue weighted by atomic mass is 10.1. The van der Waals surface area contributed by atoms with E-state index in [1.165, 1.54) is 17.4 Å². The Bertz CT molecular complexity index is 773. The Hall–Kier alpha value is -2.19. The number of amides is 1. The lowest BCUT2D eigenvalue weighted by Gasteiger charge is -2.06. The molecule has 1 aromatic heterocycles. The van der Waals surface area contributed by atoms with E-state index in [9.17, 15) is 14.4 Å². The number of hydrogen-bond donors (Lipinski definition) is 1. The fourth-order valence-electron chi connectivity index (χ4n) is 2.60. The molecule has 0 fully saturated rings. The lowest BCUT2D eigenvalue weighted by molar-refractivity contribution is 0.102. The van der Waals surface area contributed by atoms with E-state index in [4.69, 9.17) is 0 Å². The van der Waals surface area contributed by atoms with Crippen LogP contribution in [-0.2, 0) is 12.8 Å². The molecule has 0 spiro atoms. The smallest absolute Gasteiger partial charge is 0.259 e. The highest BCUT2D eigenvalue weighted by Gasteiger charge is 2.24. The van der Waals surface area contributed by atoms with Gasteiger partial charge in [-0.15, -0.1) is 11.3 Å². The van der Waals surface area contributed by atoms with Gasteiger partial charge in [0, 0.05) is 4.88 Å². The Labute approximate surface area is 126 Å². The third-order valence-electron chi connectivity index (χ3n) is 3.70. The van der Waals surface area contributed by atoms with Crippen molar-refractivity contribution in [1.29, 1.82) is 5.26 Å². The number of rotatable bonds is 2. The van der Waals surface area contributed by atoms with Crippen LogP contribution in [0, 0.1) is 24.1 Å². The number of nitrogens with one attached hydrogen (secondary N) is 1. The van der Waals surface area contributed by atoms with Crippen molar-refractivity contribution in [3.63, 3.8) is 0 Å². The van der Waals surface area contributed by atoms with Crippen molar-refractivity contribution in [2.75, 3.05) is 5.32 Å². The van der Waals surface area contributed by atoms with Crippen molar-refractivity contribution in [2.45, 2.75) is 26.2 Å². The molecule has 0 bridgehead atoms. The van der Waals surface area contributed by atoms with Crippen molar-refractivity contribution >= 4 is 22.2 Å². The first-order chi connectivity index (χ1) is 10.1. The van der Waals surface area contributed by atoms with Gasteiger partial charge in [0.2, 0.25) is 0 Å². The van der Waals surface area contributed by atoms with Gasteiger partial charge in [-0.2, -0.15) is 5.26 Å². The molecule has 1 amide bonds. The highest BCUT2D eigenvalue weighted by atomic mass is 32.1. The van der Waals surface area contributed by atoms with Crippen molar-refractivity contribution in [3.8, 4) is 6.07 Å². The molecule has 3 nitrogen and oxygen atoms in total. The van der Waals surface area contributed by atoms with Crippen LogP contribution in [-0.4, -0.2) is 5.91 Å². The molecular formula is C16H13FN2OS. The van der Waals surface area contributed by atoms with Crippen LogP contribution in [0.2, 0.25) is 0 Å². The van der Waals surface area contributed by atoms with Crippen molar-refractivity contribution in [1.82, 2.24) is 0 Å². The van der Waals surface area contributed by atoms with E-state index in [2.05, 4.69) is 11.4 Å². The molecule has 2 aromatic rings. The van der Waals surface area contributed by atoms with Crippen molar-refractivity contribution in [2.24, 2.45) is 0 Å². The third-order valence-corrected chi connectivity index (χ3v) is 4.90. The molecule has 0 aliphatic heterocycles. The average molecular weight is 300 g/mol. The fraction of sp³-hybridized carbons (Fsp3) is 0.250. The number of halogens is 1. The molecule has 1 aliphatic carbocycles. The molecule has 1 N–H and O–H groups in total. The standard InChI is InChI=1S/C16H13FN2OS/c1-9-4-2-6-11(14(9)17)15(20)19-16-12(8-18)10-5-3-7-13(10)21-16/h2,4,6H,3,5,7H2,1H3,(H,19,20). The number of nitriles is 1. The predicted molar refractivity (Wildman–Crippen MR) is 80.1 cm³/mol. The van der Waals surface area contributed by atoms with Gasteiger partial charge in [-0.1, -0.05) is 12.1 Å². The highest BCUT2D eigenvalue weighted by Crippen LogP contribution is 2.38. The fourth-order valence-corrected chi connectivity index (χ4v) is 3.84. The molecule has 1 aliphatic rings. The van der Waals surface area contributed by atoms with Crippen LogP contribution in [0.5, 0.6) is 0 Å². The minimum absolute atomic E-state index is 0.00690. The number of fused-ring (bicyclic) bond motifs is 1. The predicted octanol–water partition coefficient (Wildman–Crippen LogP) is 3.81. The van der Waals surface area contributed by atoms with Crippen LogP contribution < -0.4 is 5.32 Å². The summed E-state index contributed by atoms with van der Waals surface area (Å²) >= 11 is 1.43. The van der Waals surface area contributed by atoms with E-state index >= 15 is 0 Å². The van der Waals surface area contributed by atoms with Gasteiger partial charge in [0.15, 0.2) is 0 Å². The Morgan fingerprint density at radius 2 is 2.24 bits per heavy atom. The number of benzene rings is 1. The molecule has 1 aromatic carbocycles. The zero-order valence-corrected chi connectivity index (χ0v) is 12.3. The first kappa shape index (κ1) is 13.8. The Morgan fingerprint density at radius 1 is 1.43 bits per heavy atom. The van der Waals surface area contributed by atoms with Crippen molar-refractivity contribution < 1.29 is 9.18 Å². The maximum Gasteiger partial charge on any atom is 0.259 e. The molecule has 0 unspecified atom stereocenters. The van der Waals surface area contributed by atoms with E-state index in [0.717, 1.165) is 29.7 Å². The van der Waals surface area contributed by atoms with Crippen LogP contribution in [0.1, 0.15) is 38.3 Å². The van der Waals surface area contributed by atoms with E-state index in [-0.39, 0.29) is 5.56 Å². The number of carbonyl (C=O) groups excluding carboxylic acids is 1. The van der Waals surface area contributed by atoms with Crippen LogP contribution in [0.4, 0.5) is 9.39 Å². The van der Waals surface area contributed by atoms with Crippen LogP contribution >= 0.6 is 11.3 Å². The summed E-state index contributed by atoms with van der Waals surface area (Å²) in [4.78, 5) is 13.4. The summed E-state index contributed by atoms with van der Waals surface area (Å²) in [5, 5.41) is 12.5. The number of anilines is 1. The van der Waals surface area contributed by atoms with Gasteiger partial charge in [0.05, 0.1) is 11.1 Å². The highest BCUT2D eigenvalue weighted by molar-refractivity contribution is 7.16. The SMILES string of the molecule is Cc1cccc(C(=O)Nc2sc3c(c2C#N)CCC3)c1F. The Balaban J connectivity index is 1.93. The van der Waals surface area contributed by atoms with E-state index in [1.807, 2.05) is 0 Å². The zero-order valence-electron chi connectivity index (χ0n) is 11.5. The number of nitrogens with zero attached hydrogens (tertiary/aromatic N) is 1. The third kappa shape index (κ3) is 2.32. The van der Waals surface area contributed by atoms with Crippen molar-refractivity contribution in [3.05, 3.63) is 51.1 Å². The van der Waals surface area contributed by atoms with Crippen LogP contribution in [0.15, 0.2) is 18.2 Å². The number of hydrogen-bond acceptors (Lipinski definition) is 3. The maximum absolute atomic E-state index is 14.0. The van der Waals surface area contributed by atoms with Gasteiger partial charge in [-0.3, -0.25) is 4.79 Å². The summed E-state index contributed by atoms with van der Waals surface area (Å²) in [5.41, 5.74) is 2.01. The largest absolute Gasteiger partial charge is 0.312 e. The molecule has 106 valence electrons. The minimum atomic E-state index is -0.516. The molecule has 0 saturated carbocycles. The second-order valence-electron chi connectivity index (χ2n) is 5.06. The maximum atomic E-state index is 14.0. The molecule has 0 saturated heterocycles. The number of carbonyl (C=O) groups is 1. The minimum Gasteiger partial charge on any atom is -0.312 e. The average Bonchev–Trinajstić information content (AvgIpc) is 3.02. The quantitative estimate of drug-likeness (QED) is 0.917. The van der Waals surface area contributed by atoms with Gasteiger partial charge in [0.25, 0.3) is 5.91 Å². The summed E-state index contributed by atoms with van der Waals surface area (Å²) < 4.78 is 14.0. The summed E-state index contributed by atoms with van der Waals surface area (Å²) in [6.07, 6.45) is 2.88. The topological polar surface area (TPSA) is 52.9 Å².